The van der Waals surface area contributed by atoms with Crippen molar-refractivity contribution in [3.63, 3.8) is 0 Å². The van der Waals surface area contributed by atoms with E-state index in [9.17, 15) is 9.59 Å². The first-order chi connectivity index (χ1) is 8.49. The molecule has 2 rings (SSSR count). The second kappa shape index (κ2) is 4.80. The van der Waals surface area contributed by atoms with Crippen LogP contribution < -0.4 is 5.32 Å². The quantitative estimate of drug-likeness (QED) is 0.826. The number of aromatic nitrogens is 1. The summed E-state index contributed by atoms with van der Waals surface area (Å²) in [6.07, 6.45) is 2.11. The van der Waals surface area contributed by atoms with Crippen LogP contribution in [0.1, 0.15) is 48.9 Å². The third-order valence-electron chi connectivity index (χ3n) is 2.96. The summed E-state index contributed by atoms with van der Waals surface area (Å²) in [5.74, 6) is -0.673. The van der Waals surface area contributed by atoms with Crippen molar-refractivity contribution in [2.45, 2.75) is 38.6 Å². The lowest BCUT2D eigenvalue weighted by Crippen LogP contribution is -2.44. The Labute approximate surface area is 104 Å². The van der Waals surface area contributed by atoms with E-state index in [1.54, 1.807) is 19.9 Å². The zero-order valence-electron chi connectivity index (χ0n) is 10.3. The van der Waals surface area contributed by atoms with E-state index < -0.39 is 17.9 Å². The average Bonchev–Trinajstić information content (AvgIpc) is 3.03. The maximum absolute atomic E-state index is 11.8. The van der Waals surface area contributed by atoms with Crippen LogP contribution in [0.5, 0.6) is 0 Å². The molecule has 1 aromatic rings. The Morgan fingerprint density at radius 3 is 2.67 bits per heavy atom. The van der Waals surface area contributed by atoms with Gasteiger partial charge in [-0.25, -0.2) is 4.79 Å². The summed E-state index contributed by atoms with van der Waals surface area (Å²) in [5, 5.41) is 15.1. The predicted molar refractivity (Wildman–Crippen MR) is 62.2 cm³/mol. The minimum Gasteiger partial charge on any atom is -0.480 e. The molecule has 1 amide bonds. The Kier molecular flexibility index (Phi) is 3.36. The molecule has 0 spiro atoms. The molecule has 1 saturated carbocycles. The van der Waals surface area contributed by atoms with Gasteiger partial charge in [-0.1, -0.05) is 19.0 Å². The van der Waals surface area contributed by atoms with Crippen LogP contribution in [-0.4, -0.2) is 28.2 Å². The van der Waals surface area contributed by atoms with E-state index in [0.717, 1.165) is 12.8 Å². The fourth-order valence-electron chi connectivity index (χ4n) is 1.69. The van der Waals surface area contributed by atoms with Crippen molar-refractivity contribution < 1.29 is 19.2 Å². The first-order valence-corrected chi connectivity index (χ1v) is 5.99. The fraction of sp³-hybridized carbons (Fsp3) is 0.583. The van der Waals surface area contributed by atoms with Crippen molar-refractivity contribution >= 4 is 11.9 Å². The largest absolute Gasteiger partial charge is 0.480 e. The zero-order chi connectivity index (χ0) is 13.3. The standard InChI is InChI=1S/C12H16N2O4/c1-6(2)10(12(16)17)13-11(15)8-5-9(18-14-8)7-3-4-7/h5-7,10H,3-4H2,1-2H3,(H,13,15)(H,16,17). The molecule has 1 heterocycles. The normalized spacial score (nSPS) is 16.6. The highest BCUT2D eigenvalue weighted by atomic mass is 16.5. The van der Waals surface area contributed by atoms with Crippen LogP contribution in [-0.2, 0) is 4.79 Å². The third-order valence-corrected chi connectivity index (χ3v) is 2.96. The molecule has 0 saturated heterocycles. The summed E-state index contributed by atoms with van der Waals surface area (Å²) in [7, 11) is 0. The van der Waals surface area contributed by atoms with Crippen molar-refractivity contribution in [2.75, 3.05) is 0 Å². The molecule has 2 N–H and O–H groups in total. The second-order valence-electron chi connectivity index (χ2n) is 4.92. The number of aliphatic carboxylic acids is 1. The molecule has 0 aromatic carbocycles. The van der Waals surface area contributed by atoms with Gasteiger partial charge in [-0.15, -0.1) is 0 Å². The highest BCUT2D eigenvalue weighted by Gasteiger charge is 2.30. The number of carbonyl (C=O) groups excluding carboxylic acids is 1. The van der Waals surface area contributed by atoms with Gasteiger partial charge in [0.2, 0.25) is 0 Å². The molecule has 6 nitrogen and oxygen atoms in total. The van der Waals surface area contributed by atoms with Crippen LogP contribution in [0.15, 0.2) is 10.6 Å². The Morgan fingerprint density at radius 1 is 1.50 bits per heavy atom. The van der Waals surface area contributed by atoms with E-state index in [0.29, 0.717) is 11.7 Å². The average molecular weight is 252 g/mol. The van der Waals surface area contributed by atoms with Gasteiger partial charge < -0.3 is 14.9 Å². The summed E-state index contributed by atoms with van der Waals surface area (Å²) in [6.45, 7) is 3.47. The fourth-order valence-corrected chi connectivity index (χ4v) is 1.69. The lowest BCUT2D eigenvalue weighted by atomic mass is 10.0. The molecular formula is C12H16N2O4. The Hall–Kier alpha value is -1.85. The Bertz CT molecular complexity index is 462. The van der Waals surface area contributed by atoms with Gasteiger partial charge in [-0.05, 0) is 18.8 Å². The highest BCUT2D eigenvalue weighted by molar-refractivity contribution is 5.95. The number of hydrogen-bond acceptors (Lipinski definition) is 4. The zero-order valence-corrected chi connectivity index (χ0v) is 10.3. The topological polar surface area (TPSA) is 92.4 Å². The van der Waals surface area contributed by atoms with Gasteiger partial charge in [0, 0.05) is 12.0 Å². The summed E-state index contributed by atoms with van der Waals surface area (Å²) >= 11 is 0. The van der Waals surface area contributed by atoms with Gasteiger partial charge >= 0.3 is 5.97 Å². The van der Waals surface area contributed by atoms with Crippen molar-refractivity contribution in [1.82, 2.24) is 10.5 Å². The summed E-state index contributed by atoms with van der Waals surface area (Å²) in [5.41, 5.74) is 0.142. The molecule has 1 unspecified atom stereocenters. The minimum absolute atomic E-state index is 0.142. The molecule has 1 aromatic heterocycles. The predicted octanol–water partition coefficient (Wildman–Crippen LogP) is 1.39. The number of hydrogen-bond donors (Lipinski definition) is 2. The van der Waals surface area contributed by atoms with Gasteiger partial charge in [0.05, 0.1) is 0 Å². The van der Waals surface area contributed by atoms with Gasteiger partial charge in [-0.3, -0.25) is 4.79 Å². The summed E-state index contributed by atoms with van der Waals surface area (Å²) in [4.78, 5) is 22.8. The van der Waals surface area contributed by atoms with Crippen LogP contribution in [0.2, 0.25) is 0 Å². The number of carbonyl (C=O) groups is 2. The Balaban J connectivity index is 2.03. The summed E-state index contributed by atoms with van der Waals surface area (Å²) < 4.78 is 5.05. The number of carboxylic acid groups (broad SMARTS) is 1. The van der Waals surface area contributed by atoms with E-state index in [-0.39, 0.29) is 11.6 Å². The van der Waals surface area contributed by atoms with E-state index in [4.69, 9.17) is 9.63 Å². The number of amides is 1. The number of rotatable bonds is 5. The summed E-state index contributed by atoms with van der Waals surface area (Å²) in [6, 6.07) is 0.672. The molecule has 1 aliphatic carbocycles. The molecule has 0 bridgehead atoms. The van der Waals surface area contributed by atoms with Crippen LogP contribution in [0.3, 0.4) is 0 Å². The van der Waals surface area contributed by atoms with Crippen LogP contribution in [0, 0.1) is 5.92 Å². The van der Waals surface area contributed by atoms with E-state index >= 15 is 0 Å². The molecule has 6 heteroatoms. The molecular weight excluding hydrogens is 236 g/mol. The maximum atomic E-state index is 11.8. The van der Waals surface area contributed by atoms with Gasteiger partial charge in [-0.2, -0.15) is 0 Å². The molecule has 18 heavy (non-hydrogen) atoms. The second-order valence-corrected chi connectivity index (χ2v) is 4.92. The number of nitrogens with zero attached hydrogens (tertiary/aromatic N) is 1. The lowest BCUT2D eigenvalue weighted by Gasteiger charge is -2.16. The van der Waals surface area contributed by atoms with Crippen molar-refractivity contribution in [3.8, 4) is 0 Å². The first-order valence-electron chi connectivity index (χ1n) is 5.99. The van der Waals surface area contributed by atoms with Crippen molar-refractivity contribution in [2.24, 2.45) is 5.92 Å². The third kappa shape index (κ3) is 2.69. The first kappa shape index (κ1) is 12.6. The molecule has 1 aliphatic rings. The van der Waals surface area contributed by atoms with Crippen molar-refractivity contribution in [3.05, 3.63) is 17.5 Å². The smallest absolute Gasteiger partial charge is 0.326 e. The SMILES string of the molecule is CC(C)C(NC(=O)c1cc(C2CC2)on1)C(=O)O. The van der Waals surface area contributed by atoms with E-state index in [2.05, 4.69) is 10.5 Å². The van der Waals surface area contributed by atoms with Crippen molar-refractivity contribution in [1.29, 1.82) is 0 Å². The minimum atomic E-state index is -1.05. The van der Waals surface area contributed by atoms with Crippen LogP contribution in [0.4, 0.5) is 0 Å². The molecule has 98 valence electrons. The van der Waals surface area contributed by atoms with Crippen LogP contribution >= 0.6 is 0 Å². The Morgan fingerprint density at radius 2 is 2.17 bits per heavy atom. The van der Waals surface area contributed by atoms with E-state index in [1.165, 1.54) is 0 Å². The maximum Gasteiger partial charge on any atom is 0.326 e. The number of carboxylic acids is 1. The molecule has 1 atom stereocenters. The van der Waals surface area contributed by atoms with Gasteiger partial charge in [0.1, 0.15) is 11.8 Å². The van der Waals surface area contributed by atoms with Gasteiger partial charge in [0.15, 0.2) is 5.69 Å². The molecule has 0 radical (unpaired) electrons. The molecule has 1 fully saturated rings. The van der Waals surface area contributed by atoms with Gasteiger partial charge in [0.25, 0.3) is 5.91 Å². The van der Waals surface area contributed by atoms with Crippen LogP contribution in [0.25, 0.3) is 0 Å². The highest BCUT2D eigenvalue weighted by Crippen LogP contribution is 2.40. The number of nitrogens with one attached hydrogen (secondary N) is 1. The van der Waals surface area contributed by atoms with E-state index in [1.807, 2.05) is 0 Å². The lowest BCUT2D eigenvalue weighted by molar-refractivity contribution is -0.140. The monoisotopic (exact) mass is 252 g/mol. The molecule has 0 aliphatic heterocycles.